The summed E-state index contributed by atoms with van der Waals surface area (Å²) in [6.07, 6.45) is 3.50. The van der Waals surface area contributed by atoms with Gasteiger partial charge in [0.2, 0.25) is 0 Å². The van der Waals surface area contributed by atoms with Crippen LogP contribution in [0.25, 0.3) is 0 Å². The van der Waals surface area contributed by atoms with Crippen LogP contribution in [-0.4, -0.2) is 15.5 Å². The van der Waals surface area contributed by atoms with Gasteiger partial charge in [0.05, 0.1) is 35.6 Å². The van der Waals surface area contributed by atoms with Gasteiger partial charge in [-0.25, -0.2) is 4.98 Å². The summed E-state index contributed by atoms with van der Waals surface area (Å²) < 4.78 is 8.08. The topological polar surface area (TPSA) is 79.9 Å². The zero-order valence-electron chi connectivity index (χ0n) is 18.8. The van der Waals surface area contributed by atoms with Gasteiger partial charge < -0.3 is 14.6 Å². The van der Waals surface area contributed by atoms with Crippen molar-refractivity contribution in [1.82, 2.24) is 14.9 Å². The predicted molar refractivity (Wildman–Crippen MR) is 129 cm³/mol. The van der Waals surface area contributed by atoms with Crippen LogP contribution in [0.5, 0.6) is 11.5 Å². The second-order valence-corrected chi connectivity index (χ2v) is 8.40. The summed E-state index contributed by atoms with van der Waals surface area (Å²) in [5, 5.41) is 12.3. The number of carbonyl (C=O) groups is 1. The van der Waals surface area contributed by atoms with Crippen molar-refractivity contribution in [3.63, 3.8) is 0 Å². The predicted octanol–water partition coefficient (Wildman–Crippen LogP) is 5.71. The Balaban J connectivity index is 1.35. The Labute approximate surface area is 198 Å². The molecule has 5 rings (SSSR count). The molecule has 0 unspecified atom stereocenters. The second kappa shape index (κ2) is 9.24. The van der Waals surface area contributed by atoms with Crippen molar-refractivity contribution in [3.8, 4) is 17.6 Å². The maximum atomic E-state index is 13.1. The third-order valence-corrected chi connectivity index (χ3v) is 6.21. The quantitative estimate of drug-likeness (QED) is 0.424. The summed E-state index contributed by atoms with van der Waals surface area (Å²) in [6.45, 7) is 1.98. The fraction of sp³-hybridized carbons (Fsp3) is 0.179. The molecular formula is C28H24N4O2. The standard InChI is InChI=1S/C28H24N4O2/c1-19-30-18-27-25(14-15-26(32(19)27)21-12-10-20(17-29)11-13-21)31-28(33)22-6-5-9-24(16-22)34-23-7-3-2-4-8-23/h2-13,16,18,25-26H,14-15H2,1H3,(H,31,33)/t25-,26+/m0/s1. The fourth-order valence-electron chi connectivity index (χ4n) is 4.54. The first-order chi connectivity index (χ1) is 16.6. The SMILES string of the molecule is Cc1ncc2n1[C@@H](c1ccc(C#N)cc1)CC[C@@H]2NC(=O)c1cccc(Oc2ccccc2)c1. The molecule has 2 heterocycles. The molecule has 0 aliphatic carbocycles. The molecule has 1 aliphatic heterocycles. The Morgan fingerprint density at radius 2 is 1.79 bits per heavy atom. The number of amides is 1. The molecule has 1 aromatic heterocycles. The molecule has 2 atom stereocenters. The van der Waals surface area contributed by atoms with Crippen LogP contribution in [0.1, 0.15) is 57.9 Å². The zero-order chi connectivity index (χ0) is 23.5. The van der Waals surface area contributed by atoms with Crippen molar-refractivity contribution in [3.05, 3.63) is 113 Å². The maximum Gasteiger partial charge on any atom is 0.251 e. The van der Waals surface area contributed by atoms with E-state index in [2.05, 4.69) is 20.9 Å². The van der Waals surface area contributed by atoms with E-state index in [4.69, 9.17) is 10.00 Å². The highest BCUT2D eigenvalue weighted by molar-refractivity contribution is 5.94. The Morgan fingerprint density at radius 3 is 2.56 bits per heavy atom. The molecule has 6 nitrogen and oxygen atoms in total. The molecule has 34 heavy (non-hydrogen) atoms. The molecule has 0 fully saturated rings. The number of carbonyl (C=O) groups excluding carboxylic acids is 1. The largest absolute Gasteiger partial charge is 0.457 e. The van der Waals surface area contributed by atoms with Gasteiger partial charge in [-0.15, -0.1) is 0 Å². The van der Waals surface area contributed by atoms with Crippen molar-refractivity contribution < 1.29 is 9.53 Å². The van der Waals surface area contributed by atoms with Crippen molar-refractivity contribution in [2.45, 2.75) is 31.8 Å². The molecule has 0 saturated heterocycles. The number of aromatic nitrogens is 2. The highest BCUT2D eigenvalue weighted by Gasteiger charge is 2.31. The molecule has 0 radical (unpaired) electrons. The van der Waals surface area contributed by atoms with E-state index in [9.17, 15) is 4.79 Å². The first kappa shape index (κ1) is 21.5. The van der Waals surface area contributed by atoms with E-state index in [-0.39, 0.29) is 18.0 Å². The zero-order valence-corrected chi connectivity index (χ0v) is 18.8. The van der Waals surface area contributed by atoms with Gasteiger partial charge in [0.15, 0.2) is 0 Å². The number of para-hydroxylation sites is 1. The highest BCUT2D eigenvalue weighted by atomic mass is 16.5. The van der Waals surface area contributed by atoms with Gasteiger partial charge in [-0.05, 0) is 67.8 Å². The lowest BCUT2D eigenvalue weighted by Gasteiger charge is -2.33. The monoisotopic (exact) mass is 448 g/mol. The number of nitriles is 1. The third-order valence-electron chi connectivity index (χ3n) is 6.21. The lowest BCUT2D eigenvalue weighted by atomic mass is 9.92. The van der Waals surface area contributed by atoms with Crippen LogP contribution in [0.15, 0.2) is 85.1 Å². The number of rotatable bonds is 5. The van der Waals surface area contributed by atoms with Crippen LogP contribution in [0.4, 0.5) is 0 Å². The van der Waals surface area contributed by atoms with Gasteiger partial charge in [-0.3, -0.25) is 4.79 Å². The van der Waals surface area contributed by atoms with Gasteiger partial charge in [0.1, 0.15) is 17.3 Å². The van der Waals surface area contributed by atoms with Crippen molar-refractivity contribution in [2.24, 2.45) is 0 Å². The van der Waals surface area contributed by atoms with Gasteiger partial charge in [0, 0.05) is 5.56 Å². The van der Waals surface area contributed by atoms with Crippen molar-refractivity contribution in [2.75, 3.05) is 0 Å². The average Bonchev–Trinajstić information content (AvgIpc) is 3.27. The molecule has 4 aromatic rings. The number of fused-ring (bicyclic) bond motifs is 1. The molecule has 1 aliphatic rings. The first-order valence-electron chi connectivity index (χ1n) is 11.3. The van der Waals surface area contributed by atoms with E-state index >= 15 is 0 Å². The molecule has 0 saturated carbocycles. The molecule has 1 N–H and O–H groups in total. The van der Waals surface area contributed by atoms with Crippen LogP contribution >= 0.6 is 0 Å². The molecule has 3 aromatic carbocycles. The molecule has 0 spiro atoms. The van der Waals surface area contributed by atoms with E-state index in [1.807, 2.05) is 79.9 Å². The van der Waals surface area contributed by atoms with Gasteiger partial charge >= 0.3 is 0 Å². The van der Waals surface area contributed by atoms with E-state index in [1.165, 1.54) is 0 Å². The highest BCUT2D eigenvalue weighted by Crippen LogP contribution is 2.37. The van der Waals surface area contributed by atoms with Gasteiger partial charge in [-0.1, -0.05) is 36.4 Å². The lowest BCUT2D eigenvalue weighted by molar-refractivity contribution is 0.0927. The van der Waals surface area contributed by atoms with Crippen LogP contribution in [0.2, 0.25) is 0 Å². The number of benzene rings is 3. The number of ether oxygens (including phenoxy) is 1. The Kier molecular flexibility index (Phi) is 5.84. The molecule has 168 valence electrons. The van der Waals surface area contributed by atoms with E-state index in [0.717, 1.165) is 35.7 Å². The van der Waals surface area contributed by atoms with Crippen LogP contribution in [-0.2, 0) is 0 Å². The number of nitrogens with one attached hydrogen (secondary N) is 1. The number of hydrogen-bond acceptors (Lipinski definition) is 4. The average molecular weight is 449 g/mol. The third kappa shape index (κ3) is 4.28. The summed E-state index contributed by atoms with van der Waals surface area (Å²) in [4.78, 5) is 17.7. The maximum absolute atomic E-state index is 13.1. The minimum atomic E-state index is -0.147. The van der Waals surface area contributed by atoms with E-state index in [0.29, 0.717) is 16.9 Å². The minimum absolute atomic E-state index is 0.126. The molecule has 1 amide bonds. The minimum Gasteiger partial charge on any atom is -0.457 e. The number of hydrogen-bond donors (Lipinski definition) is 1. The summed E-state index contributed by atoms with van der Waals surface area (Å²) in [5.74, 6) is 2.09. The van der Waals surface area contributed by atoms with E-state index < -0.39 is 0 Å². The Morgan fingerprint density at radius 1 is 1.03 bits per heavy atom. The van der Waals surface area contributed by atoms with Crippen LogP contribution in [0, 0.1) is 18.3 Å². The summed E-state index contributed by atoms with van der Waals surface area (Å²) in [7, 11) is 0. The number of imidazole rings is 1. The van der Waals surface area contributed by atoms with Crippen molar-refractivity contribution in [1.29, 1.82) is 5.26 Å². The summed E-state index contributed by atoms with van der Waals surface area (Å²) in [5.41, 5.74) is 3.32. The second-order valence-electron chi connectivity index (χ2n) is 8.40. The van der Waals surface area contributed by atoms with Gasteiger partial charge in [-0.2, -0.15) is 5.26 Å². The van der Waals surface area contributed by atoms with E-state index in [1.54, 1.807) is 12.1 Å². The Bertz CT molecular complexity index is 1350. The lowest BCUT2D eigenvalue weighted by Crippen LogP contribution is -2.34. The normalized spacial score (nSPS) is 16.8. The molecule has 0 bridgehead atoms. The first-order valence-corrected chi connectivity index (χ1v) is 11.3. The smallest absolute Gasteiger partial charge is 0.251 e. The van der Waals surface area contributed by atoms with Gasteiger partial charge in [0.25, 0.3) is 5.91 Å². The van der Waals surface area contributed by atoms with Crippen LogP contribution in [0.3, 0.4) is 0 Å². The number of nitrogens with zero attached hydrogens (tertiary/aromatic N) is 3. The van der Waals surface area contributed by atoms with Crippen LogP contribution < -0.4 is 10.1 Å². The summed E-state index contributed by atoms with van der Waals surface area (Å²) >= 11 is 0. The number of aryl methyl sites for hydroxylation is 1. The van der Waals surface area contributed by atoms with Crippen molar-refractivity contribution >= 4 is 5.91 Å². The molecular weight excluding hydrogens is 424 g/mol. The Hall–Kier alpha value is -4.37. The molecule has 6 heteroatoms. The summed E-state index contributed by atoms with van der Waals surface area (Å²) in [6, 6.07) is 26.6. The fourth-order valence-corrected chi connectivity index (χ4v) is 4.54.